The van der Waals surface area contributed by atoms with Gasteiger partial charge in [0, 0.05) is 41.7 Å². The van der Waals surface area contributed by atoms with Gasteiger partial charge in [0.15, 0.2) is 5.78 Å². The smallest absolute Gasteiger partial charge is 0.319 e. The van der Waals surface area contributed by atoms with Crippen LogP contribution in [0.3, 0.4) is 0 Å². The minimum absolute atomic E-state index is 0.162. The van der Waals surface area contributed by atoms with Crippen molar-refractivity contribution < 1.29 is 14.3 Å². The third-order valence-corrected chi connectivity index (χ3v) is 6.84. The van der Waals surface area contributed by atoms with Crippen LogP contribution < -0.4 is 10.6 Å². The van der Waals surface area contributed by atoms with Crippen LogP contribution in [0.1, 0.15) is 54.4 Å². The van der Waals surface area contributed by atoms with E-state index >= 15 is 0 Å². The minimum atomic E-state index is -0.162. The zero-order chi connectivity index (χ0) is 17.0. The summed E-state index contributed by atoms with van der Waals surface area (Å²) in [5.41, 5.74) is 2.75. The lowest BCUT2D eigenvalue weighted by molar-refractivity contribution is -0.171. The Hall–Kier alpha value is -1.88. The summed E-state index contributed by atoms with van der Waals surface area (Å²) in [6.45, 7) is 0.823. The van der Waals surface area contributed by atoms with Crippen LogP contribution in [0.25, 0.3) is 0 Å². The summed E-state index contributed by atoms with van der Waals surface area (Å²) in [6.07, 6.45) is 7.43. The van der Waals surface area contributed by atoms with Crippen LogP contribution in [0, 0.1) is 11.3 Å². The highest BCUT2D eigenvalue weighted by Gasteiger charge is 2.66. The van der Waals surface area contributed by atoms with E-state index in [0.29, 0.717) is 24.1 Å². The van der Waals surface area contributed by atoms with Crippen LogP contribution in [-0.4, -0.2) is 30.6 Å². The highest BCUT2D eigenvalue weighted by Crippen LogP contribution is 2.62. The van der Waals surface area contributed by atoms with Gasteiger partial charge in [0.1, 0.15) is 0 Å². The Morgan fingerprint density at radius 2 is 2.08 bits per heavy atom. The number of benzene rings is 1. The molecule has 5 rings (SSSR count). The van der Waals surface area contributed by atoms with Crippen LogP contribution in [0.5, 0.6) is 0 Å². The van der Waals surface area contributed by atoms with Crippen molar-refractivity contribution in [1.29, 1.82) is 0 Å². The van der Waals surface area contributed by atoms with E-state index in [4.69, 9.17) is 4.74 Å². The monoisotopic (exact) mass is 340 g/mol. The number of rotatable bonds is 2. The largest absolute Gasteiger partial charge is 0.377 e. The lowest BCUT2D eigenvalue weighted by Gasteiger charge is -2.63. The lowest BCUT2D eigenvalue weighted by Crippen LogP contribution is -2.72. The van der Waals surface area contributed by atoms with Gasteiger partial charge in [-0.05, 0) is 49.8 Å². The van der Waals surface area contributed by atoms with Gasteiger partial charge in [0.25, 0.3) is 0 Å². The van der Waals surface area contributed by atoms with Gasteiger partial charge in [0.2, 0.25) is 0 Å². The fourth-order valence-electron chi connectivity index (χ4n) is 5.47. The van der Waals surface area contributed by atoms with Crippen molar-refractivity contribution in [2.75, 3.05) is 11.9 Å². The molecule has 1 heterocycles. The number of ketones is 1. The predicted molar refractivity (Wildman–Crippen MR) is 93.8 cm³/mol. The van der Waals surface area contributed by atoms with Crippen LogP contribution in [0.4, 0.5) is 10.5 Å². The quantitative estimate of drug-likeness (QED) is 0.868. The molecule has 5 heteroatoms. The summed E-state index contributed by atoms with van der Waals surface area (Å²) < 4.78 is 5.90. The summed E-state index contributed by atoms with van der Waals surface area (Å²) >= 11 is 0. The number of anilines is 1. The van der Waals surface area contributed by atoms with Gasteiger partial charge in [-0.15, -0.1) is 0 Å². The molecule has 0 radical (unpaired) electrons. The van der Waals surface area contributed by atoms with E-state index in [1.165, 1.54) is 6.42 Å². The molecule has 0 unspecified atom stereocenters. The number of urea groups is 1. The number of Topliss-reactive ketones (excluding diaryl/α,β-unsaturated/α-hetero) is 1. The van der Waals surface area contributed by atoms with E-state index in [2.05, 4.69) is 10.6 Å². The Morgan fingerprint density at radius 3 is 2.88 bits per heavy atom. The van der Waals surface area contributed by atoms with Crippen molar-refractivity contribution in [2.45, 2.75) is 57.1 Å². The molecule has 0 bridgehead atoms. The highest BCUT2D eigenvalue weighted by molar-refractivity contribution is 6.00. The number of aryl methyl sites for hydroxylation is 1. The second-order valence-electron chi connectivity index (χ2n) is 8.06. The molecule has 3 aliphatic carbocycles. The number of fused-ring (bicyclic) bond motifs is 3. The average molecular weight is 340 g/mol. The van der Waals surface area contributed by atoms with Gasteiger partial charge in [-0.25, -0.2) is 4.79 Å². The zero-order valence-electron chi connectivity index (χ0n) is 14.3. The molecule has 0 aromatic heterocycles. The Labute approximate surface area is 147 Å². The molecule has 2 saturated carbocycles. The summed E-state index contributed by atoms with van der Waals surface area (Å²) in [4.78, 5) is 24.6. The van der Waals surface area contributed by atoms with Crippen molar-refractivity contribution in [2.24, 2.45) is 11.3 Å². The van der Waals surface area contributed by atoms with Crippen LogP contribution >= 0.6 is 0 Å². The van der Waals surface area contributed by atoms with E-state index in [-0.39, 0.29) is 23.3 Å². The molecule has 25 heavy (non-hydrogen) atoms. The van der Waals surface area contributed by atoms with Crippen LogP contribution in [0.2, 0.25) is 0 Å². The summed E-state index contributed by atoms with van der Waals surface area (Å²) in [5.74, 6) is 0.653. The molecule has 1 aromatic rings. The first kappa shape index (κ1) is 15.4. The van der Waals surface area contributed by atoms with Crippen molar-refractivity contribution in [1.82, 2.24) is 5.32 Å². The second kappa shape index (κ2) is 5.56. The van der Waals surface area contributed by atoms with Crippen molar-refractivity contribution in [3.8, 4) is 0 Å². The van der Waals surface area contributed by atoms with Crippen molar-refractivity contribution in [3.05, 3.63) is 29.3 Å². The topological polar surface area (TPSA) is 67.4 Å². The predicted octanol–water partition coefficient (Wildman–Crippen LogP) is 3.28. The van der Waals surface area contributed by atoms with Crippen molar-refractivity contribution >= 4 is 17.5 Å². The first-order chi connectivity index (χ1) is 12.2. The third kappa shape index (κ3) is 2.25. The molecule has 2 amide bonds. The molecule has 1 saturated heterocycles. The fourth-order valence-corrected chi connectivity index (χ4v) is 5.47. The number of amides is 2. The Morgan fingerprint density at radius 1 is 1.20 bits per heavy atom. The highest BCUT2D eigenvalue weighted by atomic mass is 16.5. The third-order valence-electron chi connectivity index (χ3n) is 6.84. The normalized spacial score (nSPS) is 31.5. The van der Waals surface area contributed by atoms with Crippen LogP contribution in [-0.2, 0) is 11.2 Å². The molecule has 1 aromatic carbocycles. The second-order valence-corrected chi connectivity index (χ2v) is 8.06. The Bertz CT molecular complexity index is 740. The number of carbonyl (C=O) groups is 2. The maximum Gasteiger partial charge on any atom is 0.319 e. The van der Waals surface area contributed by atoms with Gasteiger partial charge in [-0.1, -0.05) is 12.5 Å². The van der Waals surface area contributed by atoms with Gasteiger partial charge < -0.3 is 15.4 Å². The van der Waals surface area contributed by atoms with E-state index in [1.54, 1.807) is 0 Å². The Kier molecular flexibility index (Phi) is 3.42. The number of carbonyl (C=O) groups excluding carboxylic acids is 2. The van der Waals surface area contributed by atoms with Crippen LogP contribution in [0.15, 0.2) is 18.2 Å². The molecular weight excluding hydrogens is 316 g/mol. The molecular formula is C20H24N2O3. The molecule has 3 fully saturated rings. The maximum atomic E-state index is 12.5. The van der Waals surface area contributed by atoms with E-state index in [0.717, 1.165) is 49.8 Å². The summed E-state index contributed by atoms with van der Waals surface area (Å²) in [5, 5.41) is 6.14. The van der Waals surface area contributed by atoms with Gasteiger partial charge in [0.05, 0.1) is 6.10 Å². The summed E-state index contributed by atoms with van der Waals surface area (Å²) in [7, 11) is 0. The average Bonchev–Trinajstić information content (AvgIpc) is 2.97. The molecule has 3 atom stereocenters. The molecule has 4 aliphatic rings. The van der Waals surface area contributed by atoms with E-state index < -0.39 is 0 Å². The molecule has 2 N–H and O–H groups in total. The lowest BCUT2D eigenvalue weighted by atomic mass is 9.46. The molecule has 1 aliphatic heterocycles. The first-order valence-electron chi connectivity index (χ1n) is 9.53. The van der Waals surface area contributed by atoms with E-state index in [1.807, 2.05) is 18.2 Å². The number of ether oxygens (including phenoxy) is 1. The summed E-state index contributed by atoms with van der Waals surface area (Å²) in [6, 6.07) is 5.77. The number of hydrogen-bond acceptors (Lipinski definition) is 3. The number of hydrogen-bond donors (Lipinski definition) is 2. The van der Waals surface area contributed by atoms with Crippen molar-refractivity contribution in [3.63, 3.8) is 0 Å². The SMILES string of the molecule is O=C(Nc1ccc2c(c1)C(=O)CCC2)N[C@@H]1[C@H]2CCO[C@H]2C12CCC2. The van der Waals surface area contributed by atoms with Gasteiger partial charge in [-0.2, -0.15) is 0 Å². The Balaban J connectivity index is 1.28. The number of nitrogens with one attached hydrogen (secondary N) is 2. The standard InChI is InChI=1S/C20H24N2O3/c23-16-4-1-3-12-5-6-13(11-15(12)16)21-19(24)22-17-14-7-10-25-18(14)20(17)8-2-9-20/h5-6,11,14,17-18H,1-4,7-10H2,(H2,21,22,24)/t14-,17-,18-/m1/s1. The van der Waals surface area contributed by atoms with Gasteiger partial charge in [-0.3, -0.25) is 4.79 Å². The fraction of sp³-hybridized carbons (Fsp3) is 0.600. The van der Waals surface area contributed by atoms with E-state index in [9.17, 15) is 9.59 Å². The maximum absolute atomic E-state index is 12.5. The zero-order valence-corrected chi connectivity index (χ0v) is 14.3. The molecule has 132 valence electrons. The molecule has 1 spiro atoms. The minimum Gasteiger partial charge on any atom is -0.377 e. The van der Waals surface area contributed by atoms with Gasteiger partial charge >= 0.3 is 6.03 Å². The molecule has 5 nitrogen and oxygen atoms in total. The first-order valence-corrected chi connectivity index (χ1v) is 9.53.